The van der Waals surface area contributed by atoms with Gasteiger partial charge in [-0.05, 0) is 25.5 Å². The van der Waals surface area contributed by atoms with Gasteiger partial charge in [0.2, 0.25) is 0 Å². The molecule has 0 amide bonds. The third-order valence-corrected chi connectivity index (χ3v) is 3.52. The standard InChI is InChI=1S/C15H19N3O2/c1-10-14(11(2)18(3)17-10)9-16-8-12-6-4-5-7-13(12)15(19)20/h4-7,16H,8-9H2,1-3H3,(H,19,20). The summed E-state index contributed by atoms with van der Waals surface area (Å²) in [5, 5.41) is 16.8. The maximum Gasteiger partial charge on any atom is 0.336 e. The van der Waals surface area contributed by atoms with Crippen LogP contribution in [0.25, 0.3) is 0 Å². The zero-order valence-corrected chi connectivity index (χ0v) is 12.0. The molecule has 1 aromatic heterocycles. The summed E-state index contributed by atoms with van der Waals surface area (Å²) in [4.78, 5) is 11.1. The molecule has 2 rings (SSSR count). The molecule has 2 N–H and O–H groups in total. The molecule has 5 nitrogen and oxygen atoms in total. The SMILES string of the molecule is Cc1nn(C)c(C)c1CNCc1ccccc1C(=O)O. The minimum Gasteiger partial charge on any atom is -0.478 e. The van der Waals surface area contributed by atoms with Crippen LogP contribution in [0.3, 0.4) is 0 Å². The molecule has 0 unspecified atom stereocenters. The van der Waals surface area contributed by atoms with Gasteiger partial charge in [0, 0.05) is 31.4 Å². The van der Waals surface area contributed by atoms with E-state index in [4.69, 9.17) is 5.11 Å². The molecule has 0 radical (unpaired) electrons. The lowest BCUT2D eigenvalue weighted by molar-refractivity contribution is 0.0695. The molecule has 0 fully saturated rings. The van der Waals surface area contributed by atoms with Crippen LogP contribution in [-0.2, 0) is 20.1 Å². The fourth-order valence-electron chi connectivity index (χ4n) is 2.28. The predicted octanol–water partition coefficient (Wildman–Crippen LogP) is 2.02. The quantitative estimate of drug-likeness (QED) is 0.874. The zero-order valence-electron chi connectivity index (χ0n) is 12.0. The summed E-state index contributed by atoms with van der Waals surface area (Å²) >= 11 is 0. The summed E-state index contributed by atoms with van der Waals surface area (Å²) in [6.07, 6.45) is 0. The molecule has 0 atom stereocenters. The third-order valence-electron chi connectivity index (χ3n) is 3.52. The van der Waals surface area contributed by atoms with Crippen molar-refractivity contribution in [2.75, 3.05) is 0 Å². The Labute approximate surface area is 118 Å². The first-order chi connectivity index (χ1) is 9.50. The first kappa shape index (κ1) is 14.3. The van der Waals surface area contributed by atoms with E-state index >= 15 is 0 Å². The normalized spacial score (nSPS) is 10.8. The maximum atomic E-state index is 11.1. The Bertz CT molecular complexity index is 632. The van der Waals surface area contributed by atoms with Crippen LogP contribution in [0, 0.1) is 13.8 Å². The number of nitrogens with zero attached hydrogens (tertiary/aromatic N) is 2. The van der Waals surface area contributed by atoms with E-state index in [0.29, 0.717) is 18.7 Å². The number of aryl methyl sites for hydroxylation is 2. The fraction of sp³-hybridized carbons (Fsp3) is 0.333. The van der Waals surface area contributed by atoms with Gasteiger partial charge in [-0.2, -0.15) is 5.10 Å². The monoisotopic (exact) mass is 273 g/mol. The number of aromatic carboxylic acids is 1. The number of hydrogen-bond donors (Lipinski definition) is 2. The van der Waals surface area contributed by atoms with E-state index in [1.807, 2.05) is 37.7 Å². The van der Waals surface area contributed by atoms with Crippen LogP contribution in [0.2, 0.25) is 0 Å². The topological polar surface area (TPSA) is 67.2 Å². The number of nitrogens with one attached hydrogen (secondary N) is 1. The van der Waals surface area contributed by atoms with Crippen molar-refractivity contribution in [2.24, 2.45) is 7.05 Å². The van der Waals surface area contributed by atoms with Crippen molar-refractivity contribution < 1.29 is 9.90 Å². The van der Waals surface area contributed by atoms with E-state index < -0.39 is 5.97 Å². The van der Waals surface area contributed by atoms with Crippen molar-refractivity contribution in [3.63, 3.8) is 0 Å². The molecular weight excluding hydrogens is 254 g/mol. The highest BCUT2D eigenvalue weighted by molar-refractivity contribution is 5.89. The minimum absolute atomic E-state index is 0.347. The van der Waals surface area contributed by atoms with Gasteiger partial charge in [-0.15, -0.1) is 0 Å². The molecule has 0 saturated heterocycles. The van der Waals surface area contributed by atoms with Crippen molar-refractivity contribution in [1.29, 1.82) is 0 Å². The predicted molar refractivity (Wildman–Crippen MR) is 76.6 cm³/mol. The summed E-state index contributed by atoms with van der Waals surface area (Å²) in [5.74, 6) is -0.892. The second-order valence-corrected chi connectivity index (χ2v) is 4.84. The van der Waals surface area contributed by atoms with E-state index in [1.165, 1.54) is 5.56 Å². The highest BCUT2D eigenvalue weighted by Gasteiger charge is 2.11. The van der Waals surface area contributed by atoms with Crippen LogP contribution in [0.1, 0.15) is 32.9 Å². The van der Waals surface area contributed by atoms with E-state index in [9.17, 15) is 4.79 Å². The second kappa shape index (κ2) is 5.88. The highest BCUT2D eigenvalue weighted by Crippen LogP contribution is 2.13. The molecule has 2 aromatic rings. The number of carboxylic acid groups (broad SMARTS) is 1. The van der Waals surface area contributed by atoms with Gasteiger partial charge in [0.25, 0.3) is 0 Å². The molecule has 0 spiro atoms. The van der Waals surface area contributed by atoms with E-state index in [2.05, 4.69) is 10.4 Å². The number of benzene rings is 1. The van der Waals surface area contributed by atoms with E-state index in [1.54, 1.807) is 12.1 Å². The molecule has 1 aromatic carbocycles. The van der Waals surface area contributed by atoms with Crippen molar-refractivity contribution >= 4 is 5.97 Å². The summed E-state index contributed by atoms with van der Waals surface area (Å²) in [7, 11) is 1.92. The van der Waals surface area contributed by atoms with Crippen LogP contribution in [-0.4, -0.2) is 20.9 Å². The highest BCUT2D eigenvalue weighted by atomic mass is 16.4. The first-order valence-corrected chi connectivity index (χ1v) is 6.51. The van der Waals surface area contributed by atoms with Crippen LogP contribution in [0.15, 0.2) is 24.3 Å². The first-order valence-electron chi connectivity index (χ1n) is 6.51. The Morgan fingerprint density at radius 1 is 1.30 bits per heavy atom. The van der Waals surface area contributed by atoms with Crippen LogP contribution >= 0.6 is 0 Å². The molecule has 0 aliphatic carbocycles. The summed E-state index contributed by atoms with van der Waals surface area (Å²) < 4.78 is 1.86. The molecule has 106 valence electrons. The molecular formula is C15H19N3O2. The average molecular weight is 273 g/mol. The summed E-state index contributed by atoms with van der Waals surface area (Å²) in [5.41, 5.74) is 4.43. The smallest absolute Gasteiger partial charge is 0.336 e. The summed E-state index contributed by atoms with van der Waals surface area (Å²) in [6, 6.07) is 7.05. The Balaban J connectivity index is 2.05. The summed E-state index contributed by atoms with van der Waals surface area (Å²) in [6.45, 7) is 5.22. The van der Waals surface area contributed by atoms with Crippen LogP contribution in [0.5, 0.6) is 0 Å². The van der Waals surface area contributed by atoms with Gasteiger partial charge in [-0.25, -0.2) is 4.79 Å². The van der Waals surface area contributed by atoms with Gasteiger partial charge in [-0.1, -0.05) is 18.2 Å². The number of carbonyl (C=O) groups is 1. The molecule has 0 aliphatic rings. The van der Waals surface area contributed by atoms with Crippen LogP contribution in [0.4, 0.5) is 0 Å². The second-order valence-electron chi connectivity index (χ2n) is 4.84. The number of carboxylic acids is 1. The molecule has 20 heavy (non-hydrogen) atoms. The lowest BCUT2D eigenvalue weighted by atomic mass is 10.1. The zero-order chi connectivity index (χ0) is 14.7. The van der Waals surface area contributed by atoms with Crippen molar-refractivity contribution in [2.45, 2.75) is 26.9 Å². The number of aromatic nitrogens is 2. The van der Waals surface area contributed by atoms with E-state index in [0.717, 1.165) is 17.0 Å². The third kappa shape index (κ3) is 2.88. The van der Waals surface area contributed by atoms with Gasteiger partial charge in [0.15, 0.2) is 0 Å². The largest absolute Gasteiger partial charge is 0.478 e. The van der Waals surface area contributed by atoms with Crippen molar-refractivity contribution in [3.8, 4) is 0 Å². The maximum absolute atomic E-state index is 11.1. The molecule has 0 aliphatic heterocycles. The van der Waals surface area contributed by atoms with Gasteiger partial charge in [0.05, 0.1) is 11.3 Å². The minimum atomic E-state index is -0.892. The lowest BCUT2D eigenvalue weighted by Gasteiger charge is -2.08. The van der Waals surface area contributed by atoms with Crippen LogP contribution < -0.4 is 5.32 Å². The average Bonchev–Trinajstić information content (AvgIpc) is 2.65. The van der Waals surface area contributed by atoms with E-state index in [-0.39, 0.29) is 0 Å². The Morgan fingerprint density at radius 3 is 2.60 bits per heavy atom. The number of rotatable bonds is 5. The van der Waals surface area contributed by atoms with Crippen molar-refractivity contribution in [1.82, 2.24) is 15.1 Å². The Hall–Kier alpha value is -2.14. The van der Waals surface area contributed by atoms with Crippen molar-refractivity contribution in [3.05, 3.63) is 52.3 Å². The van der Waals surface area contributed by atoms with Gasteiger partial charge in [-0.3, -0.25) is 4.68 Å². The molecule has 1 heterocycles. The molecule has 0 saturated carbocycles. The van der Waals surface area contributed by atoms with Gasteiger partial charge >= 0.3 is 5.97 Å². The Morgan fingerprint density at radius 2 is 2.00 bits per heavy atom. The lowest BCUT2D eigenvalue weighted by Crippen LogP contribution is -2.16. The Kier molecular flexibility index (Phi) is 4.20. The molecule has 0 bridgehead atoms. The van der Waals surface area contributed by atoms with Gasteiger partial charge < -0.3 is 10.4 Å². The number of hydrogen-bond acceptors (Lipinski definition) is 3. The van der Waals surface area contributed by atoms with Gasteiger partial charge in [0.1, 0.15) is 0 Å². The fourth-order valence-corrected chi connectivity index (χ4v) is 2.28. The molecule has 5 heteroatoms.